The van der Waals surface area contributed by atoms with Crippen LogP contribution in [0.4, 0.5) is 0 Å². The molecule has 2 saturated carbocycles. The third-order valence-electron chi connectivity index (χ3n) is 9.27. The molecule has 7 nitrogen and oxygen atoms in total. The second-order valence-corrected chi connectivity index (χ2v) is 11.2. The van der Waals surface area contributed by atoms with Crippen molar-refractivity contribution in [2.24, 2.45) is 11.8 Å². The summed E-state index contributed by atoms with van der Waals surface area (Å²) in [5.74, 6) is 1.86. The van der Waals surface area contributed by atoms with E-state index in [0.717, 1.165) is 38.9 Å². The number of nitrogens with zero attached hydrogens (tertiary/aromatic N) is 2. The smallest absolute Gasteiger partial charge is 0.219 e. The van der Waals surface area contributed by atoms with Gasteiger partial charge in [0.2, 0.25) is 11.8 Å². The van der Waals surface area contributed by atoms with Crippen molar-refractivity contribution in [3.8, 4) is 0 Å². The van der Waals surface area contributed by atoms with E-state index in [4.69, 9.17) is 0 Å². The van der Waals surface area contributed by atoms with Gasteiger partial charge in [0, 0.05) is 57.1 Å². The quantitative estimate of drug-likeness (QED) is 0.615. The van der Waals surface area contributed by atoms with Crippen molar-refractivity contribution in [3.63, 3.8) is 0 Å². The lowest BCUT2D eigenvalue weighted by atomic mass is 9.80. The van der Waals surface area contributed by atoms with Crippen LogP contribution in [0.3, 0.4) is 0 Å². The maximum Gasteiger partial charge on any atom is 0.219 e. The lowest BCUT2D eigenvalue weighted by Gasteiger charge is -2.43. The highest BCUT2D eigenvalue weighted by Gasteiger charge is 2.44. The average molecular weight is 446 g/mol. The van der Waals surface area contributed by atoms with E-state index in [1.807, 2.05) is 0 Å². The van der Waals surface area contributed by atoms with Gasteiger partial charge in [-0.25, -0.2) is 0 Å². The summed E-state index contributed by atoms with van der Waals surface area (Å²) in [5, 5.41) is 11.7. The number of fused-ring (bicyclic) bond motifs is 2. The molecule has 180 valence electrons. The molecular formula is C25H43N5O2. The van der Waals surface area contributed by atoms with Gasteiger partial charge in [0.1, 0.15) is 0 Å². The fraction of sp³-hybridized carbons (Fsp3) is 0.920. The topological polar surface area (TPSA) is 76.7 Å². The minimum absolute atomic E-state index is 0.252. The Morgan fingerprint density at radius 3 is 2.34 bits per heavy atom. The second-order valence-electron chi connectivity index (χ2n) is 11.2. The van der Waals surface area contributed by atoms with Gasteiger partial charge in [0.05, 0.1) is 6.17 Å². The predicted octanol–water partition coefficient (Wildman–Crippen LogP) is 1.82. The number of hydrogen-bond acceptors (Lipinski definition) is 5. The van der Waals surface area contributed by atoms with Crippen LogP contribution in [0.15, 0.2) is 0 Å². The Labute approximate surface area is 193 Å². The van der Waals surface area contributed by atoms with E-state index >= 15 is 0 Å². The van der Waals surface area contributed by atoms with Gasteiger partial charge in [0.25, 0.3) is 0 Å². The lowest BCUT2D eigenvalue weighted by Crippen LogP contribution is -2.60. The van der Waals surface area contributed by atoms with Crippen LogP contribution in [0.1, 0.15) is 78.1 Å². The highest BCUT2D eigenvalue weighted by atomic mass is 16.2. The number of piperidine rings is 1. The third kappa shape index (κ3) is 4.58. The summed E-state index contributed by atoms with van der Waals surface area (Å²) in [6, 6.07) is 2.42. The van der Waals surface area contributed by atoms with Crippen LogP contribution in [-0.4, -0.2) is 77.6 Å². The monoisotopic (exact) mass is 445 g/mol. The van der Waals surface area contributed by atoms with Crippen LogP contribution in [0.25, 0.3) is 0 Å². The Kier molecular flexibility index (Phi) is 6.77. The van der Waals surface area contributed by atoms with Crippen molar-refractivity contribution in [2.45, 2.75) is 114 Å². The van der Waals surface area contributed by atoms with Gasteiger partial charge in [-0.05, 0) is 76.2 Å². The van der Waals surface area contributed by atoms with Gasteiger partial charge < -0.3 is 20.4 Å². The minimum atomic E-state index is 0.252. The summed E-state index contributed by atoms with van der Waals surface area (Å²) >= 11 is 0. The lowest BCUT2D eigenvalue weighted by molar-refractivity contribution is -0.131. The highest BCUT2D eigenvalue weighted by Crippen LogP contribution is 2.38. The molecule has 0 spiro atoms. The Hall–Kier alpha value is -1.18. The van der Waals surface area contributed by atoms with Crippen molar-refractivity contribution >= 4 is 11.8 Å². The molecule has 2 aliphatic carbocycles. The summed E-state index contributed by atoms with van der Waals surface area (Å²) in [6.45, 7) is 6.41. The first-order chi connectivity index (χ1) is 15.5. The van der Waals surface area contributed by atoms with E-state index in [0.29, 0.717) is 48.2 Å². The van der Waals surface area contributed by atoms with Crippen molar-refractivity contribution in [1.29, 1.82) is 0 Å². The maximum absolute atomic E-state index is 12.2. The Bertz CT molecular complexity index is 702. The molecule has 32 heavy (non-hydrogen) atoms. The largest absolute Gasteiger partial charge is 0.340 e. The molecule has 8 unspecified atom stereocenters. The summed E-state index contributed by atoms with van der Waals surface area (Å²) in [7, 11) is 0. The molecule has 3 aliphatic heterocycles. The Morgan fingerprint density at radius 1 is 0.781 bits per heavy atom. The van der Waals surface area contributed by atoms with E-state index in [1.54, 1.807) is 13.8 Å². The van der Waals surface area contributed by atoms with Crippen LogP contribution in [0, 0.1) is 11.8 Å². The predicted molar refractivity (Wildman–Crippen MR) is 125 cm³/mol. The third-order valence-corrected chi connectivity index (χ3v) is 9.27. The zero-order valence-electron chi connectivity index (χ0n) is 20.0. The van der Waals surface area contributed by atoms with E-state index in [9.17, 15) is 9.59 Å². The fourth-order valence-corrected chi connectivity index (χ4v) is 7.82. The normalized spacial score (nSPS) is 41.9. The molecular weight excluding hydrogens is 402 g/mol. The maximum atomic E-state index is 12.2. The molecule has 7 heteroatoms. The first kappa shape index (κ1) is 22.6. The van der Waals surface area contributed by atoms with Gasteiger partial charge >= 0.3 is 0 Å². The molecule has 3 heterocycles. The number of rotatable bonds is 4. The zero-order chi connectivity index (χ0) is 22.2. The standard InChI is InChI=1S/C25H43N5O2/c1-16(31)29-12-10-19-14-20(6-7-23(19)29)28-24-15-21(8-11-26-24)27-22-5-3-4-18-9-13-30(17(2)32)25(18)22/h18-28H,3-15H2,1-2H3. The molecule has 5 aliphatic rings. The second kappa shape index (κ2) is 9.59. The average Bonchev–Trinajstić information content (AvgIpc) is 3.39. The summed E-state index contributed by atoms with van der Waals surface area (Å²) < 4.78 is 0. The number of carbonyl (C=O) groups is 2. The number of nitrogens with one attached hydrogen (secondary N) is 3. The summed E-state index contributed by atoms with van der Waals surface area (Å²) in [4.78, 5) is 28.4. The molecule has 0 bridgehead atoms. The molecule has 0 aromatic carbocycles. The van der Waals surface area contributed by atoms with Crippen molar-refractivity contribution in [2.75, 3.05) is 19.6 Å². The minimum Gasteiger partial charge on any atom is -0.340 e. The summed E-state index contributed by atoms with van der Waals surface area (Å²) in [6.07, 6.45) is 12.3. The molecule has 5 rings (SSSR count). The Balaban J connectivity index is 1.14. The van der Waals surface area contributed by atoms with Crippen LogP contribution in [0.5, 0.6) is 0 Å². The molecule has 0 radical (unpaired) electrons. The van der Waals surface area contributed by atoms with Gasteiger partial charge in [-0.1, -0.05) is 6.42 Å². The number of likely N-dealkylation sites (tertiary alicyclic amines) is 2. The van der Waals surface area contributed by atoms with Gasteiger partial charge in [0.15, 0.2) is 0 Å². The highest BCUT2D eigenvalue weighted by molar-refractivity contribution is 5.74. The first-order valence-electron chi connectivity index (χ1n) is 13.3. The van der Waals surface area contributed by atoms with Gasteiger partial charge in [-0.3, -0.25) is 14.9 Å². The SMILES string of the molecule is CC(=O)N1CCC2CC(NC3CC(NC4CCCC5CCN(C(C)=O)C54)CCN3)CCC21. The van der Waals surface area contributed by atoms with E-state index in [2.05, 4.69) is 25.8 Å². The molecule has 8 atom stereocenters. The molecule has 5 fully saturated rings. The van der Waals surface area contributed by atoms with E-state index < -0.39 is 0 Å². The molecule has 3 saturated heterocycles. The van der Waals surface area contributed by atoms with Gasteiger partial charge in [-0.2, -0.15) is 0 Å². The van der Waals surface area contributed by atoms with Crippen molar-refractivity contribution in [3.05, 3.63) is 0 Å². The van der Waals surface area contributed by atoms with E-state index in [1.165, 1.54) is 44.9 Å². The van der Waals surface area contributed by atoms with Gasteiger partial charge in [-0.15, -0.1) is 0 Å². The number of amides is 2. The van der Waals surface area contributed by atoms with Crippen molar-refractivity contribution in [1.82, 2.24) is 25.8 Å². The van der Waals surface area contributed by atoms with Crippen LogP contribution >= 0.6 is 0 Å². The van der Waals surface area contributed by atoms with Crippen LogP contribution in [0.2, 0.25) is 0 Å². The molecule has 0 aromatic heterocycles. The Morgan fingerprint density at radius 2 is 1.53 bits per heavy atom. The zero-order valence-corrected chi connectivity index (χ0v) is 20.0. The first-order valence-corrected chi connectivity index (χ1v) is 13.3. The van der Waals surface area contributed by atoms with Crippen molar-refractivity contribution < 1.29 is 9.59 Å². The van der Waals surface area contributed by atoms with Crippen LogP contribution < -0.4 is 16.0 Å². The molecule has 2 amide bonds. The fourth-order valence-electron chi connectivity index (χ4n) is 7.82. The summed E-state index contributed by atoms with van der Waals surface area (Å²) in [5.41, 5.74) is 0. The van der Waals surface area contributed by atoms with E-state index in [-0.39, 0.29) is 11.8 Å². The number of hydrogen-bond donors (Lipinski definition) is 3. The molecule has 0 aromatic rings. The molecule has 3 N–H and O–H groups in total. The number of carbonyl (C=O) groups excluding carboxylic acids is 2. The van der Waals surface area contributed by atoms with Crippen LogP contribution in [-0.2, 0) is 9.59 Å².